The maximum atomic E-state index is 12.6. The maximum Gasteiger partial charge on any atom is 0.430 e. The molecule has 1 aromatic heterocycles. The number of hydrogen-bond acceptors (Lipinski definition) is 6. The van der Waals surface area contributed by atoms with Crippen LogP contribution in [0.25, 0.3) is 0 Å². The highest BCUT2D eigenvalue weighted by molar-refractivity contribution is 5.86. The summed E-state index contributed by atoms with van der Waals surface area (Å²) in [5.41, 5.74) is -1.32. The standard InChI is InChI=1S/C19H23N3O6/c1-13-10-21(17(25)20-16(13)24)22(11-15(23)28-19(2,3)4)18(26)27-12-14-8-6-5-7-9-14/h5-10H,11-12H2,1-4H3,(H,20,24,25). The Kier molecular flexibility index (Phi) is 6.40. The lowest BCUT2D eigenvalue weighted by molar-refractivity contribution is -0.153. The molecule has 0 aliphatic rings. The third kappa shape index (κ3) is 5.83. The highest BCUT2D eigenvalue weighted by Crippen LogP contribution is 2.08. The summed E-state index contributed by atoms with van der Waals surface area (Å²) in [7, 11) is 0. The molecule has 0 atom stereocenters. The molecular weight excluding hydrogens is 366 g/mol. The van der Waals surface area contributed by atoms with Crippen molar-refractivity contribution in [2.45, 2.75) is 39.9 Å². The van der Waals surface area contributed by atoms with E-state index in [0.717, 1.165) is 21.4 Å². The van der Waals surface area contributed by atoms with Crippen LogP contribution in [0.5, 0.6) is 0 Å². The summed E-state index contributed by atoms with van der Waals surface area (Å²) in [6.07, 6.45) is 0.221. The van der Waals surface area contributed by atoms with Gasteiger partial charge in [-0.05, 0) is 33.3 Å². The van der Waals surface area contributed by atoms with E-state index in [2.05, 4.69) is 4.98 Å². The second-order valence-corrected chi connectivity index (χ2v) is 7.10. The van der Waals surface area contributed by atoms with Crippen molar-refractivity contribution >= 4 is 12.1 Å². The van der Waals surface area contributed by atoms with Gasteiger partial charge in [-0.1, -0.05) is 30.3 Å². The van der Waals surface area contributed by atoms with E-state index in [-0.39, 0.29) is 12.2 Å². The van der Waals surface area contributed by atoms with Crippen molar-refractivity contribution < 1.29 is 19.1 Å². The van der Waals surface area contributed by atoms with Gasteiger partial charge in [-0.2, -0.15) is 5.01 Å². The minimum atomic E-state index is -0.941. The zero-order valence-electron chi connectivity index (χ0n) is 16.2. The number of H-pyrrole nitrogens is 1. The molecule has 0 bridgehead atoms. The smallest absolute Gasteiger partial charge is 0.430 e. The van der Waals surface area contributed by atoms with Gasteiger partial charge in [0.15, 0.2) is 0 Å². The lowest BCUT2D eigenvalue weighted by Gasteiger charge is -2.25. The lowest BCUT2D eigenvalue weighted by atomic mass is 10.2. The summed E-state index contributed by atoms with van der Waals surface area (Å²) < 4.78 is 11.3. The van der Waals surface area contributed by atoms with E-state index < -0.39 is 35.5 Å². The lowest BCUT2D eigenvalue weighted by Crippen LogP contribution is -2.52. The molecule has 0 fully saturated rings. The van der Waals surface area contributed by atoms with Crippen LogP contribution >= 0.6 is 0 Å². The van der Waals surface area contributed by atoms with Crippen molar-refractivity contribution in [2.75, 3.05) is 11.6 Å². The van der Waals surface area contributed by atoms with Crippen LogP contribution in [0.3, 0.4) is 0 Å². The number of benzene rings is 1. The predicted octanol–water partition coefficient (Wildman–Crippen LogP) is 1.46. The van der Waals surface area contributed by atoms with Crippen LogP contribution in [0.15, 0.2) is 46.1 Å². The minimum Gasteiger partial charge on any atom is -0.459 e. The summed E-state index contributed by atoms with van der Waals surface area (Å²) in [4.78, 5) is 50.7. The second kappa shape index (κ2) is 8.55. The number of carbonyl (C=O) groups is 2. The number of rotatable bonds is 5. The molecule has 0 saturated heterocycles. The number of aromatic nitrogens is 2. The van der Waals surface area contributed by atoms with Gasteiger partial charge >= 0.3 is 17.8 Å². The SMILES string of the molecule is Cc1cn(N(CC(=O)OC(C)(C)C)C(=O)OCc2ccccc2)c(=O)[nH]c1=O. The fourth-order valence-corrected chi connectivity index (χ4v) is 2.25. The Balaban J connectivity index is 2.29. The van der Waals surface area contributed by atoms with Gasteiger partial charge < -0.3 is 9.47 Å². The summed E-state index contributed by atoms with van der Waals surface area (Å²) in [6.45, 7) is 5.88. The van der Waals surface area contributed by atoms with Crippen LogP contribution in [0, 0.1) is 6.92 Å². The van der Waals surface area contributed by atoms with Crippen LogP contribution in [-0.4, -0.2) is 33.9 Å². The van der Waals surface area contributed by atoms with E-state index in [1.54, 1.807) is 45.0 Å². The average molecular weight is 389 g/mol. The minimum absolute atomic E-state index is 0.0540. The van der Waals surface area contributed by atoms with E-state index in [9.17, 15) is 19.2 Å². The van der Waals surface area contributed by atoms with Crippen LogP contribution in [0.1, 0.15) is 31.9 Å². The summed E-state index contributed by atoms with van der Waals surface area (Å²) >= 11 is 0. The third-order valence-electron chi connectivity index (χ3n) is 3.48. The van der Waals surface area contributed by atoms with E-state index in [0.29, 0.717) is 0 Å². The molecule has 0 spiro atoms. The van der Waals surface area contributed by atoms with Gasteiger partial charge in [0.25, 0.3) is 5.56 Å². The van der Waals surface area contributed by atoms with Gasteiger partial charge in [-0.25, -0.2) is 14.3 Å². The number of aromatic amines is 1. The van der Waals surface area contributed by atoms with E-state index in [4.69, 9.17) is 9.47 Å². The molecule has 2 aromatic rings. The predicted molar refractivity (Wildman–Crippen MR) is 102 cm³/mol. The Morgan fingerprint density at radius 3 is 2.39 bits per heavy atom. The fraction of sp³-hybridized carbons (Fsp3) is 0.368. The topological polar surface area (TPSA) is 111 Å². The Labute approximate surface area is 161 Å². The Morgan fingerprint density at radius 1 is 1.14 bits per heavy atom. The molecule has 1 heterocycles. The molecular formula is C19H23N3O6. The molecule has 1 aromatic carbocycles. The van der Waals surface area contributed by atoms with Gasteiger partial charge in [0.2, 0.25) is 0 Å². The molecule has 0 radical (unpaired) electrons. The van der Waals surface area contributed by atoms with Crippen LogP contribution in [0.4, 0.5) is 4.79 Å². The molecule has 2 rings (SSSR count). The van der Waals surface area contributed by atoms with Crippen molar-refractivity contribution in [3.8, 4) is 0 Å². The van der Waals surface area contributed by atoms with Gasteiger partial charge in [-0.3, -0.25) is 14.6 Å². The van der Waals surface area contributed by atoms with Crippen molar-refractivity contribution in [1.29, 1.82) is 0 Å². The van der Waals surface area contributed by atoms with Crippen LogP contribution in [0.2, 0.25) is 0 Å². The van der Waals surface area contributed by atoms with Crippen molar-refractivity contribution in [2.24, 2.45) is 0 Å². The Bertz CT molecular complexity index is 956. The van der Waals surface area contributed by atoms with Gasteiger partial charge in [-0.15, -0.1) is 0 Å². The first kappa shape index (κ1) is 20.9. The summed E-state index contributed by atoms with van der Waals surface area (Å²) in [6, 6.07) is 8.93. The van der Waals surface area contributed by atoms with Gasteiger partial charge in [0, 0.05) is 11.8 Å². The number of carbonyl (C=O) groups excluding carboxylic acids is 2. The molecule has 0 saturated carbocycles. The first-order valence-corrected chi connectivity index (χ1v) is 8.60. The monoisotopic (exact) mass is 389 g/mol. The van der Waals surface area contributed by atoms with E-state index in [1.807, 2.05) is 6.07 Å². The zero-order valence-corrected chi connectivity index (χ0v) is 16.2. The van der Waals surface area contributed by atoms with Crippen molar-refractivity contribution in [3.63, 3.8) is 0 Å². The summed E-state index contributed by atoms with van der Waals surface area (Å²) in [5, 5.41) is 0.780. The second-order valence-electron chi connectivity index (χ2n) is 7.10. The quantitative estimate of drug-likeness (QED) is 0.775. The molecule has 0 aliphatic heterocycles. The van der Waals surface area contributed by atoms with Crippen molar-refractivity contribution in [1.82, 2.24) is 9.66 Å². The number of esters is 1. The number of ether oxygens (including phenoxy) is 2. The first-order valence-electron chi connectivity index (χ1n) is 8.60. The molecule has 0 aliphatic carbocycles. The van der Waals surface area contributed by atoms with Crippen molar-refractivity contribution in [3.05, 3.63) is 68.5 Å². The van der Waals surface area contributed by atoms with E-state index in [1.165, 1.54) is 6.92 Å². The molecule has 9 nitrogen and oxygen atoms in total. The largest absolute Gasteiger partial charge is 0.459 e. The van der Waals surface area contributed by atoms with Gasteiger partial charge in [0.05, 0.1) is 0 Å². The molecule has 1 amide bonds. The Morgan fingerprint density at radius 2 is 1.79 bits per heavy atom. The highest BCUT2D eigenvalue weighted by Gasteiger charge is 2.26. The summed E-state index contributed by atoms with van der Waals surface area (Å²) in [5.74, 6) is -0.736. The zero-order chi connectivity index (χ0) is 20.9. The van der Waals surface area contributed by atoms with Crippen LogP contribution < -0.4 is 16.3 Å². The van der Waals surface area contributed by atoms with Crippen LogP contribution in [-0.2, 0) is 20.9 Å². The normalized spacial score (nSPS) is 11.0. The van der Waals surface area contributed by atoms with E-state index >= 15 is 0 Å². The maximum absolute atomic E-state index is 12.6. The fourth-order valence-electron chi connectivity index (χ4n) is 2.25. The molecule has 9 heteroatoms. The first-order chi connectivity index (χ1) is 13.1. The molecule has 150 valence electrons. The Hall–Kier alpha value is -3.36. The van der Waals surface area contributed by atoms with Gasteiger partial charge in [0.1, 0.15) is 18.8 Å². The number of amides is 1. The third-order valence-corrected chi connectivity index (χ3v) is 3.48. The number of nitrogens with zero attached hydrogens (tertiary/aromatic N) is 2. The molecule has 1 N–H and O–H groups in total. The number of aryl methyl sites for hydroxylation is 1. The molecule has 0 unspecified atom stereocenters. The average Bonchev–Trinajstić information content (AvgIpc) is 2.60. The number of nitrogens with one attached hydrogen (secondary N) is 1. The highest BCUT2D eigenvalue weighted by atomic mass is 16.6. The number of hydrogen-bond donors (Lipinski definition) is 1. The molecule has 28 heavy (non-hydrogen) atoms.